The molecule has 0 unspecified atom stereocenters. The summed E-state index contributed by atoms with van der Waals surface area (Å²) in [7, 11) is 0. The van der Waals surface area contributed by atoms with Gasteiger partial charge in [-0.2, -0.15) is 0 Å². The summed E-state index contributed by atoms with van der Waals surface area (Å²) in [6.45, 7) is 6.20. The van der Waals surface area contributed by atoms with Crippen molar-refractivity contribution in [2.45, 2.75) is 27.2 Å². The Kier molecular flexibility index (Phi) is 4.16. The third kappa shape index (κ3) is 2.72. The highest BCUT2D eigenvalue weighted by molar-refractivity contribution is 5.95. The van der Waals surface area contributed by atoms with Crippen LogP contribution in [0.25, 0.3) is 0 Å². The van der Waals surface area contributed by atoms with Gasteiger partial charge in [0.1, 0.15) is 5.75 Å². The van der Waals surface area contributed by atoms with Gasteiger partial charge in [-0.25, -0.2) is 0 Å². The minimum absolute atomic E-state index is 0.0826. The summed E-state index contributed by atoms with van der Waals surface area (Å²) in [6, 6.07) is 5.86. The molecule has 0 saturated carbocycles. The van der Waals surface area contributed by atoms with E-state index in [1.54, 1.807) is 0 Å². The van der Waals surface area contributed by atoms with Crippen LogP contribution < -0.4 is 10.1 Å². The van der Waals surface area contributed by atoms with E-state index in [0.717, 1.165) is 17.9 Å². The molecule has 1 amide bonds. The third-order valence-corrected chi connectivity index (χ3v) is 2.09. The molecule has 0 spiro atoms. The molecule has 3 heteroatoms. The van der Waals surface area contributed by atoms with Crippen molar-refractivity contribution < 1.29 is 9.53 Å². The largest absolute Gasteiger partial charge is 0.482 e. The van der Waals surface area contributed by atoms with E-state index in [4.69, 9.17) is 4.74 Å². The summed E-state index contributed by atoms with van der Waals surface area (Å²) in [4.78, 5) is 11.0. The molecule has 1 N–H and O–H groups in total. The number of fused-ring (bicyclic) bond motifs is 1. The van der Waals surface area contributed by atoms with Crippen molar-refractivity contribution in [2.75, 3.05) is 11.9 Å². The van der Waals surface area contributed by atoms with Crippen LogP contribution in [0.15, 0.2) is 18.2 Å². The Morgan fingerprint density at radius 1 is 1.40 bits per heavy atom. The fourth-order valence-corrected chi connectivity index (χ4v) is 1.35. The van der Waals surface area contributed by atoms with Gasteiger partial charge >= 0.3 is 0 Å². The number of benzene rings is 1. The van der Waals surface area contributed by atoms with Crippen molar-refractivity contribution in [3.63, 3.8) is 0 Å². The molecular weight excluding hydrogens is 190 g/mol. The van der Waals surface area contributed by atoms with Crippen LogP contribution in [0.5, 0.6) is 5.75 Å². The first-order valence-corrected chi connectivity index (χ1v) is 5.35. The van der Waals surface area contributed by atoms with Gasteiger partial charge < -0.3 is 10.1 Å². The molecule has 1 aliphatic heterocycles. The molecule has 0 radical (unpaired) electrons. The predicted octanol–water partition coefficient (Wildman–Crippen LogP) is 2.61. The highest BCUT2D eigenvalue weighted by Crippen LogP contribution is 2.28. The fourth-order valence-electron chi connectivity index (χ4n) is 1.35. The summed E-state index contributed by atoms with van der Waals surface area (Å²) in [5.74, 6) is 0.678. The van der Waals surface area contributed by atoms with Gasteiger partial charge in [0.25, 0.3) is 5.91 Å². The molecule has 82 valence electrons. The SMILES string of the molecule is CC.CCc1ccc2c(c1)NC(=O)CO2. The van der Waals surface area contributed by atoms with Crippen molar-refractivity contribution in [1.82, 2.24) is 0 Å². The van der Waals surface area contributed by atoms with Crippen LogP contribution in [-0.4, -0.2) is 12.5 Å². The van der Waals surface area contributed by atoms with E-state index in [9.17, 15) is 4.79 Å². The third-order valence-electron chi connectivity index (χ3n) is 2.09. The molecule has 2 rings (SSSR count). The van der Waals surface area contributed by atoms with Crippen molar-refractivity contribution >= 4 is 11.6 Å². The van der Waals surface area contributed by atoms with Crippen LogP contribution in [0.3, 0.4) is 0 Å². The van der Waals surface area contributed by atoms with Crippen molar-refractivity contribution in [2.24, 2.45) is 0 Å². The molecule has 0 atom stereocenters. The molecule has 1 aromatic rings. The van der Waals surface area contributed by atoms with Gasteiger partial charge in [0, 0.05) is 0 Å². The predicted molar refractivity (Wildman–Crippen MR) is 61.3 cm³/mol. The van der Waals surface area contributed by atoms with E-state index >= 15 is 0 Å². The standard InChI is InChI=1S/C10H11NO2.C2H6/c1-2-7-3-4-9-8(5-7)11-10(12)6-13-9;1-2/h3-5H,2,6H2,1H3,(H,11,12);1-2H3. The van der Waals surface area contributed by atoms with Crippen LogP contribution in [0.4, 0.5) is 5.69 Å². The van der Waals surface area contributed by atoms with Gasteiger partial charge in [0.15, 0.2) is 6.61 Å². The van der Waals surface area contributed by atoms with Crippen LogP contribution in [-0.2, 0) is 11.2 Å². The molecule has 3 nitrogen and oxygen atoms in total. The van der Waals surface area contributed by atoms with E-state index in [1.165, 1.54) is 5.56 Å². The zero-order valence-electron chi connectivity index (χ0n) is 9.46. The first-order valence-electron chi connectivity index (χ1n) is 5.35. The molecule has 0 fully saturated rings. The Hall–Kier alpha value is -1.51. The quantitative estimate of drug-likeness (QED) is 0.768. The zero-order valence-corrected chi connectivity index (χ0v) is 9.46. The summed E-state index contributed by atoms with van der Waals surface area (Å²) in [6.07, 6.45) is 0.961. The summed E-state index contributed by atoms with van der Waals surface area (Å²) >= 11 is 0. The molecule has 1 heterocycles. The molecule has 0 saturated heterocycles. The van der Waals surface area contributed by atoms with Crippen LogP contribution in [0.2, 0.25) is 0 Å². The molecule has 1 aromatic carbocycles. The lowest BCUT2D eigenvalue weighted by Gasteiger charge is -2.18. The number of nitrogens with one attached hydrogen (secondary N) is 1. The van der Waals surface area contributed by atoms with Crippen LogP contribution >= 0.6 is 0 Å². The van der Waals surface area contributed by atoms with Gasteiger partial charge in [0.05, 0.1) is 5.69 Å². The minimum atomic E-state index is -0.0826. The maximum atomic E-state index is 11.0. The van der Waals surface area contributed by atoms with E-state index in [1.807, 2.05) is 32.0 Å². The normalized spacial score (nSPS) is 12.9. The Labute approximate surface area is 90.4 Å². The lowest BCUT2D eigenvalue weighted by Crippen LogP contribution is -2.25. The van der Waals surface area contributed by atoms with Crippen LogP contribution in [0.1, 0.15) is 26.3 Å². The van der Waals surface area contributed by atoms with Gasteiger partial charge in [-0.05, 0) is 24.1 Å². The molecule has 15 heavy (non-hydrogen) atoms. The number of aryl methyl sites for hydroxylation is 1. The monoisotopic (exact) mass is 207 g/mol. The van der Waals surface area contributed by atoms with Gasteiger partial charge in [-0.15, -0.1) is 0 Å². The van der Waals surface area contributed by atoms with E-state index < -0.39 is 0 Å². The lowest BCUT2D eigenvalue weighted by molar-refractivity contribution is -0.118. The molecule has 0 aliphatic carbocycles. The summed E-state index contributed by atoms with van der Waals surface area (Å²) in [5.41, 5.74) is 1.99. The number of ether oxygens (including phenoxy) is 1. The Balaban J connectivity index is 0.000000531. The zero-order chi connectivity index (χ0) is 11.3. The fraction of sp³-hybridized carbons (Fsp3) is 0.417. The lowest BCUT2D eigenvalue weighted by atomic mass is 10.1. The van der Waals surface area contributed by atoms with E-state index in [-0.39, 0.29) is 12.5 Å². The molecule has 0 aromatic heterocycles. The average molecular weight is 207 g/mol. The first-order chi connectivity index (χ1) is 7.29. The van der Waals surface area contributed by atoms with Crippen molar-refractivity contribution in [1.29, 1.82) is 0 Å². The molecular formula is C12H17NO2. The Morgan fingerprint density at radius 2 is 2.13 bits per heavy atom. The maximum absolute atomic E-state index is 11.0. The second-order valence-corrected chi connectivity index (χ2v) is 3.02. The smallest absolute Gasteiger partial charge is 0.262 e. The highest BCUT2D eigenvalue weighted by atomic mass is 16.5. The topological polar surface area (TPSA) is 38.3 Å². The van der Waals surface area contributed by atoms with Gasteiger partial charge in [-0.3, -0.25) is 4.79 Å². The second kappa shape index (κ2) is 5.39. The number of carbonyl (C=O) groups is 1. The van der Waals surface area contributed by atoms with E-state index in [0.29, 0.717) is 0 Å². The second-order valence-electron chi connectivity index (χ2n) is 3.02. The Bertz CT molecular complexity index is 347. The van der Waals surface area contributed by atoms with Crippen molar-refractivity contribution in [3.8, 4) is 5.75 Å². The number of amides is 1. The number of hydrogen-bond donors (Lipinski definition) is 1. The summed E-state index contributed by atoms with van der Waals surface area (Å²) in [5, 5.41) is 2.77. The minimum Gasteiger partial charge on any atom is -0.482 e. The Morgan fingerprint density at radius 3 is 2.80 bits per heavy atom. The van der Waals surface area contributed by atoms with Crippen LogP contribution in [0, 0.1) is 0 Å². The average Bonchev–Trinajstić information content (AvgIpc) is 2.30. The number of rotatable bonds is 1. The first kappa shape index (κ1) is 11.6. The molecule has 0 bridgehead atoms. The van der Waals surface area contributed by atoms with Gasteiger partial charge in [0.2, 0.25) is 0 Å². The van der Waals surface area contributed by atoms with E-state index in [2.05, 4.69) is 12.2 Å². The number of anilines is 1. The van der Waals surface area contributed by atoms with Crippen molar-refractivity contribution in [3.05, 3.63) is 23.8 Å². The summed E-state index contributed by atoms with van der Waals surface area (Å²) < 4.78 is 5.22. The highest BCUT2D eigenvalue weighted by Gasteiger charge is 2.15. The van der Waals surface area contributed by atoms with Gasteiger partial charge in [-0.1, -0.05) is 26.8 Å². The maximum Gasteiger partial charge on any atom is 0.262 e. The molecule has 1 aliphatic rings. The number of hydrogen-bond acceptors (Lipinski definition) is 2. The number of carbonyl (C=O) groups excluding carboxylic acids is 1.